The molecule has 1 aromatic rings. The Morgan fingerprint density at radius 1 is 1.30 bits per heavy atom. The fourth-order valence-electron chi connectivity index (χ4n) is 2.35. The minimum absolute atomic E-state index is 0.00999. The van der Waals surface area contributed by atoms with Crippen molar-refractivity contribution in [2.45, 2.75) is 32.8 Å². The average molecular weight is 277 g/mol. The molecular weight excluding hydrogens is 258 g/mol. The van der Waals surface area contributed by atoms with Gasteiger partial charge in [-0.25, -0.2) is 4.79 Å². The number of aryl methyl sites for hydroxylation is 1. The third-order valence-electron chi connectivity index (χ3n) is 3.49. The molecule has 1 aliphatic rings. The van der Waals surface area contributed by atoms with Gasteiger partial charge < -0.3 is 14.7 Å². The van der Waals surface area contributed by atoms with Gasteiger partial charge in [0.25, 0.3) is 5.91 Å². The van der Waals surface area contributed by atoms with Crippen molar-refractivity contribution in [1.29, 1.82) is 0 Å². The van der Waals surface area contributed by atoms with Crippen molar-refractivity contribution in [1.82, 2.24) is 4.90 Å². The lowest BCUT2D eigenvalue weighted by Gasteiger charge is -2.22. The molecule has 1 unspecified atom stereocenters. The molecule has 20 heavy (non-hydrogen) atoms. The van der Waals surface area contributed by atoms with Gasteiger partial charge in [0.2, 0.25) is 0 Å². The summed E-state index contributed by atoms with van der Waals surface area (Å²) in [5.74, 6) is -0.430. The molecular formula is C15H19NO4. The van der Waals surface area contributed by atoms with E-state index in [1.165, 1.54) is 6.07 Å². The normalized spacial score (nSPS) is 16.0. The second-order valence-electron chi connectivity index (χ2n) is 5.08. The highest BCUT2D eigenvalue weighted by Crippen LogP contribution is 2.21. The number of carbonyl (C=O) groups excluding carboxylic acids is 1. The molecule has 1 saturated heterocycles. The van der Waals surface area contributed by atoms with Crippen LogP contribution in [0.25, 0.3) is 0 Å². The molecule has 0 saturated carbocycles. The Kier molecular flexibility index (Phi) is 4.27. The summed E-state index contributed by atoms with van der Waals surface area (Å²) in [6.07, 6.45) is 1.54. The van der Waals surface area contributed by atoms with Crippen molar-refractivity contribution < 1.29 is 19.4 Å². The highest BCUT2D eigenvalue weighted by Gasteiger charge is 2.24. The van der Waals surface area contributed by atoms with Crippen LogP contribution in [0.1, 0.15) is 35.7 Å². The van der Waals surface area contributed by atoms with E-state index in [0.717, 1.165) is 25.9 Å². The van der Waals surface area contributed by atoms with Gasteiger partial charge >= 0.3 is 5.97 Å². The van der Waals surface area contributed by atoms with Gasteiger partial charge in [-0.1, -0.05) is 0 Å². The van der Waals surface area contributed by atoms with Crippen LogP contribution in [0, 0.1) is 6.92 Å². The first kappa shape index (κ1) is 14.4. The topological polar surface area (TPSA) is 66.8 Å². The second-order valence-corrected chi connectivity index (χ2v) is 5.08. The van der Waals surface area contributed by atoms with E-state index in [-0.39, 0.29) is 11.5 Å². The van der Waals surface area contributed by atoms with Crippen molar-refractivity contribution in [2.24, 2.45) is 0 Å². The Morgan fingerprint density at radius 2 is 1.95 bits per heavy atom. The molecule has 5 nitrogen and oxygen atoms in total. The van der Waals surface area contributed by atoms with Crippen LogP contribution in [0.4, 0.5) is 0 Å². The minimum Gasteiger partial charge on any atom is -0.481 e. The zero-order valence-corrected chi connectivity index (χ0v) is 11.8. The maximum Gasteiger partial charge on any atom is 0.335 e. The molecule has 1 N–H and O–H groups in total. The molecule has 1 fully saturated rings. The molecule has 1 heterocycles. The summed E-state index contributed by atoms with van der Waals surface area (Å²) in [6.45, 7) is 5.09. The fraction of sp³-hybridized carbons (Fsp3) is 0.467. The summed E-state index contributed by atoms with van der Waals surface area (Å²) >= 11 is 0. The maximum absolute atomic E-state index is 12.1. The van der Waals surface area contributed by atoms with Gasteiger partial charge in [0.05, 0.1) is 5.56 Å². The molecule has 0 bridgehead atoms. The Bertz CT molecular complexity index is 521. The van der Waals surface area contributed by atoms with Crippen LogP contribution in [0.5, 0.6) is 5.75 Å². The predicted octanol–water partition coefficient (Wildman–Crippen LogP) is 2.08. The highest BCUT2D eigenvalue weighted by molar-refractivity contribution is 5.88. The first-order valence-electron chi connectivity index (χ1n) is 6.78. The minimum atomic E-state index is -0.971. The Morgan fingerprint density at radius 3 is 2.50 bits per heavy atom. The van der Waals surface area contributed by atoms with Crippen molar-refractivity contribution >= 4 is 11.9 Å². The lowest BCUT2D eigenvalue weighted by Crippen LogP contribution is -2.38. The van der Waals surface area contributed by atoms with Gasteiger partial charge in [0.1, 0.15) is 5.75 Å². The molecule has 1 aromatic carbocycles. The van der Waals surface area contributed by atoms with Crippen LogP contribution in [-0.4, -0.2) is 41.1 Å². The molecule has 2 rings (SSSR count). The summed E-state index contributed by atoms with van der Waals surface area (Å²) in [5, 5.41) is 8.91. The maximum atomic E-state index is 12.1. The lowest BCUT2D eigenvalue weighted by molar-refractivity contribution is -0.136. The second kappa shape index (κ2) is 5.94. The highest BCUT2D eigenvalue weighted by atomic mass is 16.5. The van der Waals surface area contributed by atoms with E-state index in [2.05, 4.69) is 0 Å². The molecule has 1 amide bonds. The van der Waals surface area contributed by atoms with E-state index in [9.17, 15) is 9.59 Å². The molecule has 0 spiro atoms. The van der Waals surface area contributed by atoms with Gasteiger partial charge in [-0.05, 0) is 50.5 Å². The van der Waals surface area contributed by atoms with Crippen LogP contribution >= 0.6 is 0 Å². The van der Waals surface area contributed by atoms with Crippen LogP contribution in [0.3, 0.4) is 0 Å². The molecule has 5 heteroatoms. The van der Waals surface area contributed by atoms with Gasteiger partial charge in [0, 0.05) is 13.1 Å². The number of ether oxygens (including phenoxy) is 1. The van der Waals surface area contributed by atoms with Crippen molar-refractivity contribution in [2.75, 3.05) is 13.1 Å². The van der Waals surface area contributed by atoms with Crippen molar-refractivity contribution in [3.05, 3.63) is 29.3 Å². The number of likely N-dealkylation sites (tertiary alicyclic amines) is 1. The fourth-order valence-corrected chi connectivity index (χ4v) is 2.35. The van der Waals surface area contributed by atoms with Gasteiger partial charge in [-0.15, -0.1) is 0 Å². The Hall–Kier alpha value is -2.04. The first-order chi connectivity index (χ1) is 9.49. The van der Waals surface area contributed by atoms with Crippen LogP contribution in [-0.2, 0) is 4.79 Å². The van der Waals surface area contributed by atoms with E-state index in [1.807, 2.05) is 4.90 Å². The third kappa shape index (κ3) is 3.10. The SMILES string of the molecule is Cc1cc(C(=O)O)ccc1OC(C)C(=O)N1CCCC1. The summed E-state index contributed by atoms with van der Waals surface area (Å²) in [6, 6.07) is 4.63. The van der Waals surface area contributed by atoms with Gasteiger partial charge in [-0.3, -0.25) is 4.79 Å². The largest absolute Gasteiger partial charge is 0.481 e. The molecule has 0 aromatic heterocycles. The standard InChI is InChI=1S/C15H19NO4/c1-10-9-12(15(18)19)5-6-13(10)20-11(2)14(17)16-7-3-4-8-16/h5-6,9,11H,3-4,7-8H2,1-2H3,(H,18,19). The number of carboxylic acid groups (broad SMARTS) is 1. The van der Waals surface area contributed by atoms with Crippen LogP contribution in [0.2, 0.25) is 0 Å². The van der Waals surface area contributed by atoms with Crippen LogP contribution in [0.15, 0.2) is 18.2 Å². The van der Waals surface area contributed by atoms with Gasteiger partial charge in [-0.2, -0.15) is 0 Å². The smallest absolute Gasteiger partial charge is 0.335 e. The average Bonchev–Trinajstić information content (AvgIpc) is 2.93. The quantitative estimate of drug-likeness (QED) is 0.915. The number of carboxylic acids is 1. The number of rotatable bonds is 4. The summed E-state index contributed by atoms with van der Waals surface area (Å²) in [7, 11) is 0. The number of nitrogens with zero attached hydrogens (tertiary/aromatic N) is 1. The summed E-state index contributed by atoms with van der Waals surface area (Å²) in [4.78, 5) is 24.8. The van der Waals surface area contributed by atoms with E-state index >= 15 is 0 Å². The number of aromatic carboxylic acids is 1. The molecule has 0 radical (unpaired) electrons. The van der Waals surface area contributed by atoms with E-state index in [1.54, 1.807) is 26.0 Å². The zero-order valence-electron chi connectivity index (χ0n) is 11.8. The van der Waals surface area contributed by atoms with Crippen molar-refractivity contribution in [3.8, 4) is 5.75 Å². The molecule has 0 aliphatic carbocycles. The molecule has 1 aliphatic heterocycles. The zero-order chi connectivity index (χ0) is 14.7. The summed E-state index contributed by atoms with van der Waals surface area (Å²) in [5.41, 5.74) is 0.930. The molecule has 108 valence electrons. The number of amides is 1. The van der Waals surface area contributed by atoms with Crippen LogP contribution < -0.4 is 4.74 Å². The van der Waals surface area contributed by atoms with E-state index < -0.39 is 12.1 Å². The number of hydrogen-bond donors (Lipinski definition) is 1. The number of hydrogen-bond acceptors (Lipinski definition) is 3. The van der Waals surface area contributed by atoms with Gasteiger partial charge in [0.15, 0.2) is 6.10 Å². The predicted molar refractivity (Wildman–Crippen MR) is 74.0 cm³/mol. The summed E-state index contributed by atoms with van der Waals surface area (Å²) < 4.78 is 5.67. The monoisotopic (exact) mass is 277 g/mol. The third-order valence-corrected chi connectivity index (χ3v) is 3.49. The van der Waals surface area contributed by atoms with E-state index in [4.69, 9.17) is 9.84 Å². The number of carbonyl (C=O) groups is 2. The van der Waals surface area contributed by atoms with Crippen molar-refractivity contribution in [3.63, 3.8) is 0 Å². The number of benzene rings is 1. The Labute approximate surface area is 118 Å². The first-order valence-corrected chi connectivity index (χ1v) is 6.78. The van der Waals surface area contributed by atoms with E-state index in [0.29, 0.717) is 11.3 Å². The lowest BCUT2D eigenvalue weighted by atomic mass is 10.1. The Balaban J connectivity index is 2.05. The molecule has 1 atom stereocenters.